The number of aromatic hydroxyl groups is 3. The van der Waals surface area contributed by atoms with Crippen LogP contribution < -0.4 is 0 Å². The second kappa shape index (κ2) is 17.5. The van der Waals surface area contributed by atoms with E-state index in [0.717, 1.165) is 82.7 Å². The van der Waals surface area contributed by atoms with E-state index in [4.69, 9.17) is 33.0 Å². The zero-order valence-electron chi connectivity index (χ0n) is 24.2. The first-order valence-electron chi connectivity index (χ1n) is 14.5. The van der Waals surface area contributed by atoms with E-state index in [2.05, 4.69) is 16.7 Å². The van der Waals surface area contributed by atoms with Gasteiger partial charge in [0, 0.05) is 13.7 Å². The summed E-state index contributed by atoms with van der Waals surface area (Å²) in [6.45, 7) is 9.43. The van der Waals surface area contributed by atoms with Gasteiger partial charge in [0.15, 0.2) is 0 Å². The monoisotopic (exact) mass is 602 g/mol. The predicted molar refractivity (Wildman–Crippen MR) is 169 cm³/mol. The molecule has 0 aliphatic carbocycles. The summed E-state index contributed by atoms with van der Waals surface area (Å²) >= 11 is 11.9. The van der Waals surface area contributed by atoms with Crippen molar-refractivity contribution in [1.82, 2.24) is 9.80 Å². The van der Waals surface area contributed by atoms with E-state index >= 15 is 0 Å². The van der Waals surface area contributed by atoms with E-state index < -0.39 is 0 Å². The van der Waals surface area contributed by atoms with Gasteiger partial charge in [0.25, 0.3) is 0 Å². The van der Waals surface area contributed by atoms with Crippen LogP contribution in [0.25, 0.3) is 0 Å². The Morgan fingerprint density at radius 3 is 1.54 bits per heavy atom. The van der Waals surface area contributed by atoms with Crippen LogP contribution >= 0.6 is 23.2 Å². The molecule has 6 nitrogen and oxygen atoms in total. The maximum absolute atomic E-state index is 9.99. The molecule has 0 amide bonds. The zero-order valence-corrected chi connectivity index (χ0v) is 25.7. The normalized spacial score (nSPS) is 16.8. The van der Waals surface area contributed by atoms with Crippen molar-refractivity contribution in [3.63, 3.8) is 0 Å². The topological polar surface area (TPSA) is 76.4 Å². The van der Waals surface area contributed by atoms with Gasteiger partial charge in [-0.25, -0.2) is 0 Å². The molecular formula is C33H44Cl2N2O4. The first-order chi connectivity index (χ1) is 19.8. The van der Waals surface area contributed by atoms with Crippen LogP contribution in [-0.4, -0.2) is 78.1 Å². The molecule has 2 aliphatic rings. The second-order valence-corrected chi connectivity index (χ2v) is 11.3. The van der Waals surface area contributed by atoms with Crippen molar-refractivity contribution in [2.24, 2.45) is 0 Å². The maximum atomic E-state index is 9.99. The molecule has 0 spiro atoms. The van der Waals surface area contributed by atoms with E-state index in [0.29, 0.717) is 27.6 Å². The number of phenols is 3. The summed E-state index contributed by atoms with van der Waals surface area (Å²) in [4.78, 5) is 4.85. The highest BCUT2D eigenvalue weighted by Gasteiger charge is 2.24. The zero-order chi connectivity index (χ0) is 29.6. The van der Waals surface area contributed by atoms with Gasteiger partial charge in [-0.2, -0.15) is 0 Å². The fourth-order valence-electron chi connectivity index (χ4n) is 5.40. The number of halogens is 2. The molecule has 3 aromatic rings. The molecule has 2 saturated heterocycles. The van der Waals surface area contributed by atoms with Crippen LogP contribution in [-0.2, 0) is 4.74 Å². The highest BCUT2D eigenvalue weighted by molar-refractivity contribution is 6.32. The first kappa shape index (κ1) is 33.0. The fraction of sp³-hybridized carbons (Fsp3) is 0.455. The number of hydrogen-bond acceptors (Lipinski definition) is 6. The van der Waals surface area contributed by atoms with E-state index in [1.165, 1.54) is 0 Å². The molecule has 2 aliphatic heterocycles. The molecule has 0 atom stereocenters. The summed E-state index contributed by atoms with van der Waals surface area (Å²) in [7, 11) is 1.73. The van der Waals surface area contributed by atoms with Crippen LogP contribution in [0.15, 0.2) is 66.7 Å². The van der Waals surface area contributed by atoms with Gasteiger partial charge in [0.1, 0.15) is 17.2 Å². The number of phenolic OH excluding ortho intramolecular Hbond substituents is 3. The third-order valence-electron chi connectivity index (χ3n) is 7.91. The van der Waals surface area contributed by atoms with E-state index in [-0.39, 0.29) is 11.5 Å². The van der Waals surface area contributed by atoms with E-state index in [1.807, 2.05) is 30.3 Å². The van der Waals surface area contributed by atoms with Crippen LogP contribution in [0.5, 0.6) is 17.2 Å². The molecule has 0 radical (unpaired) electrons. The van der Waals surface area contributed by atoms with Gasteiger partial charge in [-0.1, -0.05) is 72.6 Å². The van der Waals surface area contributed by atoms with Gasteiger partial charge in [-0.05, 0) is 106 Å². The molecule has 2 fully saturated rings. The highest BCUT2D eigenvalue weighted by atomic mass is 35.5. The van der Waals surface area contributed by atoms with Crippen LogP contribution in [0, 0.1) is 0 Å². The lowest BCUT2D eigenvalue weighted by atomic mass is 9.89. The van der Waals surface area contributed by atoms with Crippen molar-refractivity contribution >= 4 is 23.2 Å². The van der Waals surface area contributed by atoms with Crippen molar-refractivity contribution in [1.29, 1.82) is 0 Å². The molecule has 41 heavy (non-hydrogen) atoms. The lowest BCUT2D eigenvalue weighted by molar-refractivity contribution is 0.130. The number of para-hydroxylation sites is 3. The summed E-state index contributed by atoms with van der Waals surface area (Å²) in [6.07, 6.45) is 4.36. The summed E-state index contributed by atoms with van der Waals surface area (Å²) in [5, 5.41) is 29.5. The summed E-state index contributed by atoms with van der Waals surface area (Å²) in [5.74, 6) is 1.74. The number of methoxy groups -OCH3 is 1. The number of benzene rings is 3. The summed E-state index contributed by atoms with van der Waals surface area (Å²) < 4.78 is 5.09. The van der Waals surface area contributed by atoms with Gasteiger partial charge in [-0.3, -0.25) is 0 Å². The Hall–Kier alpha value is -2.48. The third-order valence-corrected chi connectivity index (χ3v) is 8.52. The van der Waals surface area contributed by atoms with E-state index in [1.54, 1.807) is 43.5 Å². The van der Waals surface area contributed by atoms with Gasteiger partial charge in [0.2, 0.25) is 0 Å². The number of ether oxygens (including phenoxy) is 1. The minimum Gasteiger partial charge on any atom is -0.508 e. The van der Waals surface area contributed by atoms with Crippen LogP contribution in [0.4, 0.5) is 0 Å². The number of piperidine rings is 2. The van der Waals surface area contributed by atoms with Crippen LogP contribution in [0.3, 0.4) is 0 Å². The van der Waals surface area contributed by atoms with Crippen molar-refractivity contribution in [2.45, 2.75) is 44.4 Å². The molecule has 3 N–H and O–H groups in total. The minimum absolute atomic E-state index is 0.259. The van der Waals surface area contributed by atoms with Crippen molar-refractivity contribution in [3.05, 3.63) is 87.9 Å². The summed E-state index contributed by atoms with van der Waals surface area (Å²) in [6, 6.07) is 20.0. The Kier molecular flexibility index (Phi) is 14.1. The minimum atomic E-state index is 0.259. The standard InChI is InChI=1S/C14H20ClNO2.C13H18ClNO.C6H6O/c1-18-10-9-16-7-5-11(6-8-16)12-3-2-4-13(15)14(12)17;1-2-15-8-6-10(7-9-15)11-4-3-5-12(14)13(11)16;7-6-4-2-1-3-5-6/h2-4,11,17H,5-10H2,1H3;3-5,10,16H,2,6-9H2,1H3;1-5,7H. The third kappa shape index (κ3) is 10.4. The average Bonchev–Trinajstić information content (AvgIpc) is 3.00. The molecule has 2 heterocycles. The van der Waals surface area contributed by atoms with Gasteiger partial charge in [0.05, 0.1) is 16.7 Å². The number of nitrogens with zero attached hydrogens (tertiary/aromatic N) is 2. The first-order valence-corrected chi connectivity index (χ1v) is 15.2. The molecule has 0 bridgehead atoms. The smallest absolute Gasteiger partial charge is 0.137 e. The van der Waals surface area contributed by atoms with Gasteiger partial charge in [-0.15, -0.1) is 0 Å². The Bertz CT molecular complexity index is 1170. The highest BCUT2D eigenvalue weighted by Crippen LogP contribution is 2.38. The van der Waals surface area contributed by atoms with E-state index in [9.17, 15) is 10.2 Å². The number of likely N-dealkylation sites (tertiary alicyclic amines) is 2. The molecule has 8 heteroatoms. The molecule has 5 rings (SSSR count). The van der Waals surface area contributed by atoms with Crippen molar-refractivity contribution < 1.29 is 20.1 Å². The average molecular weight is 604 g/mol. The van der Waals surface area contributed by atoms with Gasteiger partial charge >= 0.3 is 0 Å². The lowest BCUT2D eigenvalue weighted by Crippen LogP contribution is -2.35. The molecule has 0 aromatic heterocycles. The number of rotatable bonds is 6. The lowest BCUT2D eigenvalue weighted by Gasteiger charge is -2.32. The molecule has 0 unspecified atom stereocenters. The quantitative estimate of drug-likeness (QED) is 0.271. The Balaban J connectivity index is 0.000000184. The van der Waals surface area contributed by atoms with Gasteiger partial charge < -0.3 is 29.9 Å². The Labute approximate surface area is 255 Å². The largest absolute Gasteiger partial charge is 0.508 e. The second-order valence-electron chi connectivity index (χ2n) is 10.5. The van der Waals surface area contributed by atoms with Crippen molar-refractivity contribution in [2.75, 3.05) is 53.0 Å². The SMILES string of the molecule is CCN1CCC(c2cccc(Cl)c2O)CC1.COCCN1CCC(c2cccc(Cl)c2O)CC1.Oc1ccccc1. The fourth-order valence-corrected chi connectivity index (χ4v) is 5.76. The molecule has 224 valence electrons. The van der Waals surface area contributed by atoms with Crippen LogP contribution in [0.1, 0.15) is 55.6 Å². The maximum Gasteiger partial charge on any atom is 0.137 e. The molecular weight excluding hydrogens is 559 g/mol. The number of hydrogen-bond donors (Lipinski definition) is 3. The predicted octanol–water partition coefficient (Wildman–Crippen LogP) is 7.51. The Morgan fingerprint density at radius 1 is 0.683 bits per heavy atom. The molecule has 0 saturated carbocycles. The van der Waals surface area contributed by atoms with Crippen LogP contribution in [0.2, 0.25) is 10.0 Å². The summed E-state index contributed by atoms with van der Waals surface area (Å²) in [5.41, 5.74) is 2.01. The Morgan fingerprint density at radius 2 is 1.15 bits per heavy atom. The molecule has 3 aromatic carbocycles. The van der Waals surface area contributed by atoms with Crippen molar-refractivity contribution in [3.8, 4) is 17.2 Å².